The van der Waals surface area contributed by atoms with E-state index in [0.717, 1.165) is 24.5 Å². The maximum absolute atomic E-state index is 14.1. The second-order valence-corrected chi connectivity index (χ2v) is 5.13. The van der Waals surface area contributed by atoms with Crippen molar-refractivity contribution in [3.63, 3.8) is 0 Å². The van der Waals surface area contributed by atoms with Gasteiger partial charge in [-0.25, -0.2) is 8.78 Å². The van der Waals surface area contributed by atoms with Crippen molar-refractivity contribution < 1.29 is 8.78 Å². The smallest absolute Gasteiger partial charge is 0.131 e. The van der Waals surface area contributed by atoms with Crippen LogP contribution in [-0.4, -0.2) is 7.05 Å². The Morgan fingerprint density at radius 2 is 1.71 bits per heavy atom. The van der Waals surface area contributed by atoms with Gasteiger partial charge in [0.15, 0.2) is 0 Å². The first-order valence-electron chi connectivity index (χ1n) is 7.34. The fourth-order valence-electron chi connectivity index (χ4n) is 2.67. The van der Waals surface area contributed by atoms with Crippen molar-refractivity contribution in [2.24, 2.45) is 0 Å². The zero-order valence-electron chi connectivity index (χ0n) is 12.7. The molecule has 0 aliphatic rings. The largest absolute Gasteiger partial charge is 0.309 e. The number of benzene rings is 2. The van der Waals surface area contributed by atoms with Gasteiger partial charge in [0.2, 0.25) is 0 Å². The zero-order valence-corrected chi connectivity index (χ0v) is 12.7. The Hall–Kier alpha value is -1.74. The Balaban J connectivity index is 2.54. The Morgan fingerprint density at radius 1 is 0.952 bits per heavy atom. The van der Waals surface area contributed by atoms with Gasteiger partial charge in [-0.15, -0.1) is 0 Å². The number of hydrogen-bond acceptors (Lipinski definition) is 1. The molecule has 3 heteroatoms. The minimum Gasteiger partial charge on any atom is -0.309 e. The van der Waals surface area contributed by atoms with E-state index in [1.165, 1.54) is 23.3 Å². The van der Waals surface area contributed by atoms with E-state index in [-0.39, 0.29) is 6.04 Å². The summed E-state index contributed by atoms with van der Waals surface area (Å²) in [6.45, 7) is 4.18. The monoisotopic (exact) mass is 289 g/mol. The van der Waals surface area contributed by atoms with Crippen LogP contribution in [0, 0.1) is 11.6 Å². The summed E-state index contributed by atoms with van der Waals surface area (Å²) in [5.74, 6) is -1.07. The van der Waals surface area contributed by atoms with E-state index in [9.17, 15) is 8.78 Å². The maximum Gasteiger partial charge on any atom is 0.131 e. The number of rotatable bonds is 5. The molecular formula is C18H21F2N. The van der Waals surface area contributed by atoms with Crippen LogP contribution in [-0.2, 0) is 12.8 Å². The Morgan fingerprint density at radius 3 is 2.29 bits per heavy atom. The van der Waals surface area contributed by atoms with Gasteiger partial charge in [-0.1, -0.05) is 38.1 Å². The highest BCUT2D eigenvalue weighted by atomic mass is 19.1. The van der Waals surface area contributed by atoms with E-state index < -0.39 is 11.6 Å². The molecule has 0 fully saturated rings. The number of aryl methyl sites for hydroxylation is 2. The molecule has 112 valence electrons. The molecule has 0 aliphatic heterocycles. The van der Waals surface area contributed by atoms with Gasteiger partial charge in [-0.3, -0.25) is 0 Å². The number of hydrogen-bond donors (Lipinski definition) is 1. The molecule has 1 N–H and O–H groups in total. The molecule has 0 amide bonds. The van der Waals surface area contributed by atoms with Gasteiger partial charge in [0.1, 0.15) is 11.6 Å². The minimum absolute atomic E-state index is 0.271. The van der Waals surface area contributed by atoms with Crippen molar-refractivity contribution >= 4 is 0 Å². The fraction of sp³-hybridized carbons (Fsp3) is 0.333. The van der Waals surface area contributed by atoms with Crippen LogP contribution < -0.4 is 5.32 Å². The highest BCUT2D eigenvalue weighted by Gasteiger charge is 2.19. The van der Waals surface area contributed by atoms with Gasteiger partial charge < -0.3 is 5.32 Å². The first-order chi connectivity index (χ1) is 10.1. The van der Waals surface area contributed by atoms with Crippen LogP contribution in [0.2, 0.25) is 0 Å². The average molecular weight is 289 g/mol. The van der Waals surface area contributed by atoms with Gasteiger partial charge in [0, 0.05) is 11.6 Å². The standard InChI is InChI=1S/C18H21F2N/c1-4-12-6-7-13(5-2)16(10-12)18(21-3)15-9-8-14(19)11-17(15)20/h6-11,18,21H,4-5H2,1-3H3. The molecular weight excluding hydrogens is 268 g/mol. The van der Waals surface area contributed by atoms with Gasteiger partial charge in [0.05, 0.1) is 6.04 Å². The van der Waals surface area contributed by atoms with E-state index in [0.29, 0.717) is 5.56 Å². The molecule has 2 aromatic rings. The highest BCUT2D eigenvalue weighted by molar-refractivity contribution is 5.40. The lowest BCUT2D eigenvalue weighted by Gasteiger charge is -2.22. The van der Waals surface area contributed by atoms with Gasteiger partial charge >= 0.3 is 0 Å². The molecule has 1 atom stereocenters. The van der Waals surface area contributed by atoms with E-state index in [1.54, 1.807) is 7.05 Å². The predicted molar refractivity (Wildman–Crippen MR) is 82.5 cm³/mol. The molecule has 2 aromatic carbocycles. The van der Waals surface area contributed by atoms with Crippen LogP contribution in [0.15, 0.2) is 36.4 Å². The van der Waals surface area contributed by atoms with E-state index in [2.05, 4.69) is 37.4 Å². The summed E-state index contributed by atoms with van der Waals surface area (Å²) in [4.78, 5) is 0. The molecule has 1 nitrogen and oxygen atoms in total. The van der Waals surface area contributed by atoms with Gasteiger partial charge in [0.25, 0.3) is 0 Å². The van der Waals surface area contributed by atoms with Crippen molar-refractivity contribution in [2.45, 2.75) is 32.7 Å². The molecule has 0 radical (unpaired) electrons. The second-order valence-electron chi connectivity index (χ2n) is 5.13. The summed E-state index contributed by atoms with van der Waals surface area (Å²) < 4.78 is 27.2. The SMILES string of the molecule is CCc1ccc(CC)c(C(NC)c2ccc(F)cc2F)c1. The third-order valence-electron chi connectivity index (χ3n) is 3.87. The summed E-state index contributed by atoms with van der Waals surface area (Å²) in [6.07, 6.45) is 1.81. The van der Waals surface area contributed by atoms with Crippen molar-refractivity contribution in [3.8, 4) is 0 Å². The molecule has 1 unspecified atom stereocenters. The molecule has 0 heterocycles. The highest BCUT2D eigenvalue weighted by Crippen LogP contribution is 2.28. The van der Waals surface area contributed by atoms with Crippen molar-refractivity contribution in [3.05, 3.63) is 70.3 Å². The summed E-state index contributed by atoms with van der Waals surface area (Å²) >= 11 is 0. The number of halogens is 2. The zero-order chi connectivity index (χ0) is 15.4. The van der Waals surface area contributed by atoms with Crippen LogP contribution in [0.5, 0.6) is 0 Å². The van der Waals surface area contributed by atoms with E-state index in [1.807, 2.05) is 0 Å². The van der Waals surface area contributed by atoms with Gasteiger partial charge in [-0.2, -0.15) is 0 Å². The molecule has 0 spiro atoms. The molecule has 0 saturated carbocycles. The molecule has 0 aromatic heterocycles. The van der Waals surface area contributed by atoms with Crippen molar-refractivity contribution in [1.29, 1.82) is 0 Å². The van der Waals surface area contributed by atoms with E-state index >= 15 is 0 Å². The first kappa shape index (κ1) is 15.6. The molecule has 2 rings (SSSR count). The van der Waals surface area contributed by atoms with Crippen LogP contribution in [0.25, 0.3) is 0 Å². The lowest BCUT2D eigenvalue weighted by molar-refractivity contribution is 0.550. The topological polar surface area (TPSA) is 12.0 Å². The Kier molecular flexibility index (Phi) is 5.07. The molecule has 21 heavy (non-hydrogen) atoms. The quantitative estimate of drug-likeness (QED) is 0.860. The predicted octanol–water partition coefficient (Wildman–Crippen LogP) is 4.40. The Bertz CT molecular complexity index is 623. The molecule has 0 saturated heterocycles. The van der Waals surface area contributed by atoms with Crippen LogP contribution in [0.3, 0.4) is 0 Å². The summed E-state index contributed by atoms with van der Waals surface area (Å²) in [5, 5.41) is 3.16. The third kappa shape index (κ3) is 3.30. The normalized spacial score (nSPS) is 12.4. The molecule has 0 aliphatic carbocycles. The van der Waals surface area contributed by atoms with Crippen molar-refractivity contribution in [1.82, 2.24) is 5.32 Å². The minimum atomic E-state index is -0.552. The lowest BCUT2D eigenvalue weighted by atomic mass is 9.91. The third-order valence-corrected chi connectivity index (χ3v) is 3.87. The Labute approximate surface area is 125 Å². The van der Waals surface area contributed by atoms with Gasteiger partial charge in [-0.05, 0) is 42.6 Å². The first-order valence-corrected chi connectivity index (χ1v) is 7.34. The van der Waals surface area contributed by atoms with Crippen LogP contribution in [0.4, 0.5) is 8.78 Å². The molecule has 0 bridgehead atoms. The second kappa shape index (κ2) is 6.81. The maximum atomic E-state index is 14.1. The van der Waals surface area contributed by atoms with Crippen LogP contribution >= 0.6 is 0 Å². The number of nitrogens with one attached hydrogen (secondary N) is 1. The summed E-state index contributed by atoms with van der Waals surface area (Å²) in [7, 11) is 1.80. The van der Waals surface area contributed by atoms with Crippen LogP contribution in [0.1, 0.15) is 42.1 Å². The fourth-order valence-corrected chi connectivity index (χ4v) is 2.67. The van der Waals surface area contributed by atoms with E-state index in [4.69, 9.17) is 0 Å². The lowest BCUT2D eigenvalue weighted by Crippen LogP contribution is -2.20. The average Bonchev–Trinajstić information content (AvgIpc) is 2.49. The van der Waals surface area contributed by atoms with Crippen molar-refractivity contribution in [2.75, 3.05) is 7.05 Å². The summed E-state index contributed by atoms with van der Waals surface area (Å²) in [5.41, 5.74) is 3.92. The summed E-state index contributed by atoms with van der Waals surface area (Å²) in [6, 6.07) is 9.81.